The van der Waals surface area contributed by atoms with Gasteiger partial charge in [-0.1, -0.05) is 4.49 Å². The van der Waals surface area contributed by atoms with Crippen molar-refractivity contribution in [2.45, 2.75) is 6.18 Å². The van der Waals surface area contributed by atoms with Crippen molar-refractivity contribution in [2.24, 2.45) is 0 Å². The molecule has 3 heterocycles. The van der Waals surface area contributed by atoms with Gasteiger partial charge >= 0.3 is 6.18 Å². The standard InChI is InChI=1S/C8H3F3N4S2/c9-8(10,11)6-4(13-2-16-6)3-1-12-7-5(3)17-15-14-7/h1-2,12H. The third-order valence-electron chi connectivity index (χ3n) is 2.17. The lowest BCUT2D eigenvalue weighted by atomic mass is 10.2. The molecule has 0 aliphatic heterocycles. The van der Waals surface area contributed by atoms with E-state index in [-0.39, 0.29) is 5.69 Å². The van der Waals surface area contributed by atoms with Crippen LogP contribution in [0.5, 0.6) is 0 Å². The summed E-state index contributed by atoms with van der Waals surface area (Å²) in [5.74, 6) is 0. The van der Waals surface area contributed by atoms with E-state index < -0.39 is 11.1 Å². The SMILES string of the molecule is FC(F)(F)c1scnc1-c1c[nH]c2nnsc12. The van der Waals surface area contributed by atoms with Gasteiger partial charge in [-0.05, 0) is 11.5 Å². The molecule has 0 bridgehead atoms. The molecular formula is C8H3F3N4S2. The summed E-state index contributed by atoms with van der Waals surface area (Å²) in [5, 5.41) is 3.75. The van der Waals surface area contributed by atoms with Crippen molar-refractivity contribution in [2.75, 3.05) is 0 Å². The summed E-state index contributed by atoms with van der Waals surface area (Å²) in [5.41, 5.74) is 1.99. The van der Waals surface area contributed by atoms with E-state index in [4.69, 9.17) is 0 Å². The predicted molar refractivity (Wildman–Crippen MR) is 57.9 cm³/mol. The van der Waals surface area contributed by atoms with Crippen LogP contribution in [0.3, 0.4) is 0 Å². The van der Waals surface area contributed by atoms with E-state index in [2.05, 4.69) is 19.6 Å². The van der Waals surface area contributed by atoms with Crippen LogP contribution in [0.25, 0.3) is 21.6 Å². The molecule has 0 radical (unpaired) electrons. The summed E-state index contributed by atoms with van der Waals surface area (Å²) >= 11 is 1.62. The van der Waals surface area contributed by atoms with Gasteiger partial charge in [0.1, 0.15) is 9.58 Å². The summed E-state index contributed by atoms with van der Waals surface area (Å²) in [7, 11) is 0. The molecule has 9 heteroatoms. The van der Waals surface area contributed by atoms with Crippen molar-refractivity contribution in [3.63, 3.8) is 0 Å². The molecule has 0 spiro atoms. The van der Waals surface area contributed by atoms with E-state index in [1.807, 2.05) is 0 Å². The van der Waals surface area contributed by atoms with Crippen molar-refractivity contribution in [1.29, 1.82) is 0 Å². The highest BCUT2D eigenvalue weighted by Gasteiger charge is 2.37. The smallest absolute Gasteiger partial charge is 0.343 e. The normalized spacial score (nSPS) is 12.4. The van der Waals surface area contributed by atoms with Crippen LogP contribution in [0, 0.1) is 0 Å². The number of aromatic amines is 1. The fourth-order valence-electron chi connectivity index (χ4n) is 1.48. The maximum absolute atomic E-state index is 12.7. The quantitative estimate of drug-likeness (QED) is 0.742. The van der Waals surface area contributed by atoms with Gasteiger partial charge in [0.05, 0.1) is 11.2 Å². The number of alkyl halides is 3. The molecule has 0 aromatic carbocycles. The van der Waals surface area contributed by atoms with E-state index in [1.165, 1.54) is 11.7 Å². The second-order valence-corrected chi connectivity index (χ2v) is 4.79. The predicted octanol–water partition coefficient (Wildman–Crippen LogP) is 3.16. The van der Waals surface area contributed by atoms with Gasteiger partial charge < -0.3 is 4.98 Å². The van der Waals surface area contributed by atoms with Crippen molar-refractivity contribution in [3.8, 4) is 11.3 Å². The minimum Gasteiger partial charge on any atom is -0.343 e. The summed E-state index contributed by atoms with van der Waals surface area (Å²) in [6, 6.07) is 0. The van der Waals surface area contributed by atoms with E-state index >= 15 is 0 Å². The second kappa shape index (κ2) is 3.50. The van der Waals surface area contributed by atoms with Crippen LogP contribution in [-0.2, 0) is 6.18 Å². The largest absolute Gasteiger partial charge is 0.427 e. The molecule has 3 aromatic rings. The number of nitrogens with one attached hydrogen (secondary N) is 1. The summed E-state index contributed by atoms with van der Waals surface area (Å²) < 4.78 is 42.5. The topological polar surface area (TPSA) is 54.5 Å². The van der Waals surface area contributed by atoms with Crippen LogP contribution in [0.2, 0.25) is 0 Å². The number of thiazole rings is 1. The van der Waals surface area contributed by atoms with Crippen molar-refractivity contribution >= 4 is 33.2 Å². The van der Waals surface area contributed by atoms with Gasteiger partial charge in [0, 0.05) is 11.8 Å². The zero-order chi connectivity index (χ0) is 12.0. The molecule has 3 aromatic heterocycles. The van der Waals surface area contributed by atoms with E-state index in [1.54, 1.807) is 0 Å². The molecule has 0 atom stereocenters. The van der Waals surface area contributed by atoms with Crippen molar-refractivity contribution in [3.05, 3.63) is 16.6 Å². The van der Waals surface area contributed by atoms with Crippen molar-refractivity contribution < 1.29 is 13.2 Å². The number of hydrogen-bond donors (Lipinski definition) is 1. The number of fused-ring (bicyclic) bond motifs is 1. The van der Waals surface area contributed by atoms with E-state index in [9.17, 15) is 13.2 Å². The van der Waals surface area contributed by atoms with Gasteiger partial charge in [-0.15, -0.1) is 16.4 Å². The van der Waals surface area contributed by atoms with Crippen LogP contribution in [0.1, 0.15) is 4.88 Å². The molecule has 0 unspecified atom stereocenters. The Bertz CT molecular complexity index is 665. The van der Waals surface area contributed by atoms with Crippen LogP contribution in [0.4, 0.5) is 13.2 Å². The van der Waals surface area contributed by atoms with Crippen LogP contribution in [0.15, 0.2) is 11.7 Å². The lowest BCUT2D eigenvalue weighted by Crippen LogP contribution is -2.03. The van der Waals surface area contributed by atoms with Crippen LogP contribution >= 0.6 is 22.9 Å². The third kappa shape index (κ3) is 1.62. The number of aromatic nitrogens is 4. The van der Waals surface area contributed by atoms with Gasteiger partial charge in [0.25, 0.3) is 0 Å². The lowest BCUT2D eigenvalue weighted by molar-refractivity contribution is -0.134. The molecule has 17 heavy (non-hydrogen) atoms. The Kier molecular flexibility index (Phi) is 2.20. The van der Waals surface area contributed by atoms with Gasteiger partial charge in [0.2, 0.25) is 0 Å². The Morgan fingerprint density at radius 1 is 1.29 bits per heavy atom. The highest BCUT2D eigenvalue weighted by Crippen LogP contribution is 2.41. The van der Waals surface area contributed by atoms with Gasteiger partial charge in [-0.2, -0.15) is 13.2 Å². The Hall–Kier alpha value is -1.48. The molecule has 88 valence electrons. The number of hydrogen-bond acceptors (Lipinski definition) is 5. The average molecular weight is 276 g/mol. The third-order valence-corrected chi connectivity index (χ3v) is 3.80. The Morgan fingerprint density at radius 2 is 2.12 bits per heavy atom. The minimum atomic E-state index is -4.39. The molecule has 1 N–H and O–H groups in total. The first-order valence-corrected chi connectivity index (χ1v) is 6.03. The second-order valence-electron chi connectivity index (χ2n) is 3.18. The minimum absolute atomic E-state index is 0.0696. The maximum atomic E-state index is 12.7. The highest BCUT2D eigenvalue weighted by molar-refractivity contribution is 7.13. The number of nitrogens with zero attached hydrogens (tertiary/aromatic N) is 3. The first-order valence-electron chi connectivity index (χ1n) is 4.38. The fraction of sp³-hybridized carbons (Fsp3) is 0.125. The lowest BCUT2D eigenvalue weighted by Gasteiger charge is -2.04. The Labute approximate surface area is 100 Å². The summed E-state index contributed by atoms with van der Waals surface area (Å²) in [6.45, 7) is 0. The maximum Gasteiger partial charge on any atom is 0.427 e. The van der Waals surface area contributed by atoms with E-state index in [0.717, 1.165) is 11.5 Å². The average Bonchev–Trinajstić information content (AvgIpc) is 2.90. The summed E-state index contributed by atoms with van der Waals surface area (Å²) in [4.78, 5) is 5.85. The zero-order valence-electron chi connectivity index (χ0n) is 7.95. The molecule has 3 rings (SSSR count). The fourth-order valence-corrected chi connectivity index (χ4v) is 2.80. The molecule has 4 nitrogen and oxygen atoms in total. The Morgan fingerprint density at radius 3 is 2.88 bits per heavy atom. The molecule has 0 amide bonds. The van der Waals surface area contributed by atoms with Gasteiger partial charge in [-0.25, -0.2) is 4.98 Å². The van der Waals surface area contributed by atoms with E-state index in [0.29, 0.717) is 27.2 Å². The number of rotatable bonds is 1. The van der Waals surface area contributed by atoms with Crippen LogP contribution < -0.4 is 0 Å². The first kappa shape index (κ1) is 10.7. The summed E-state index contributed by atoms with van der Waals surface area (Å²) in [6.07, 6.45) is -2.92. The molecule has 0 aliphatic rings. The molecule has 0 saturated carbocycles. The zero-order valence-corrected chi connectivity index (χ0v) is 9.58. The monoisotopic (exact) mass is 276 g/mol. The molecular weight excluding hydrogens is 273 g/mol. The first-order chi connectivity index (χ1) is 8.07. The number of halogens is 3. The number of H-pyrrole nitrogens is 1. The molecule has 0 saturated heterocycles. The van der Waals surface area contributed by atoms with Gasteiger partial charge in [-0.3, -0.25) is 0 Å². The van der Waals surface area contributed by atoms with Crippen LogP contribution in [-0.4, -0.2) is 19.6 Å². The molecule has 0 aliphatic carbocycles. The van der Waals surface area contributed by atoms with Gasteiger partial charge in [0.15, 0.2) is 5.65 Å². The van der Waals surface area contributed by atoms with Crippen molar-refractivity contribution in [1.82, 2.24) is 19.6 Å². The highest BCUT2D eigenvalue weighted by atomic mass is 32.1. The molecule has 0 fully saturated rings. The Balaban J connectivity index is 2.24.